The molecule has 3 aromatic rings. The van der Waals surface area contributed by atoms with Gasteiger partial charge in [-0.1, -0.05) is 17.8 Å². The van der Waals surface area contributed by atoms with Crippen LogP contribution in [-0.2, 0) is 10.5 Å². The number of furan rings is 1. The lowest BCUT2D eigenvalue weighted by molar-refractivity contribution is -0.118. The first kappa shape index (κ1) is 17.0. The molecule has 2 aromatic heterocycles. The standard InChI is InChI=1S/C17H19N3O2S2/c1-12-4-5-14-15(9-12)20-17(19-14)24-11-16(21)18-6-8-23-10-13-3-2-7-22-13/h2-5,7,9H,6,8,10-11H2,1H3,(H,18,21)(H,19,20). The first-order valence-electron chi connectivity index (χ1n) is 7.67. The molecule has 5 nitrogen and oxygen atoms in total. The Morgan fingerprint density at radius 3 is 3.12 bits per heavy atom. The molecule has 2 heterocycles. The first-order chi connectivity index (χ1) is 11.7. The summed E-state index contributed by atoms with van der Waals surface area (Å²) < 4.78 is 5.26. The van der Waals surface area contributed by atoms with Crippen LogP contribution in [0.25, 0.3) is 11.0 Å². The molecule has 0 aliphatic heterocycles. The molecule has 1 amide bonds. The molecule has 0 fully saturated rings. The fraction of sp³-hybridized carbons (Fsp3) is 0.294. The van der Waals surface area contributed by atoms with Crippen molar-refractivity contribution in [3.63, 3.8) is 0 Å². The van der Waals surface area contributed by atoms with Crippen LogP contribution in [0.2, 0.25) is 0 Å². The number of fused-ring (bicyclic) bond motifs is 1. The summed E-state index contributed by atoms with van der Waals surface area (Å²) >= 11 is 3.16. The van der Waals surface area contributed by atoms with E-state index in [1.807, 2.05) is 31.2 Å². The highest BCUT2D eigenvalue weighted by Crippen LogP contribution is 2.20. The van der Waals surface area contributed by atoms with E-state index >= 15 is 0 Å². The Bertz CT molecular complexity index is 799. The van der Waals surface area contributed by atoms with Gasteiger partial charge >= 0.3 is 0 Å². The van der Waals surface area contributed by atoms with Crippen molar-refractivity contribution >= 4 is 40.5 Å². The number of aromatic amines is 1. The molecule has 0 saturated carbocycles. The number of carbonyl (C=O) groups is 1. The zero-order valence-corrected chi connectivity index (χ0v) is 15.0. The van der Waals surface area contributed by atoms with Crippen LogP contribution in [0.3, 0.4) is 0 Å². The van der Waals surface area contributed by atoms with Crippen LogP contribution >= 0.6 is 23.5 Å². The molecule has 7 heteroatoms. The molecule has 0 aliphatic rings. The van der Waals surface area contributed by atoms with Gasteiger partial charge in [0.25, 0.3) is 0 Å². The van der Waals surface area contributed by atoms with E-state index in [1.54, 1.807) is 18.0 Å². The highest BCUT2D eigenvalue weighted by molar-refractivity contribution is 7.99. The number of carbonyl (C=O) groups excluding carboxylic acids is 1. The van der Waals surface area contributed by atoms with Crippen LogP contribution in [0.4, 0.5) is 0 Å². The third kappa shape index (κ3) is 4.82. The molecule has 3 rings (SSSR count). The maximum absolute atomic E-state index is 11.9. The molecule has 0 unspecified atom stereocenters. The van der Waals surface area contributed by atoms with E-state index < -0.39 is 0 Å². The van der Waals surface area contributed by atoms with Crippen molar-refractivity contribution < 1.29 is 9.21 Å². The Morgan fingerprint density at radius 2 is 2.29 bits per heavy atom. The van der Waals surface area contributed by atoms with Crippen LogP contribution in [0.1, 0.15) is 11.3 Å². The van der Waals surface area contributed by atoms with Crippen LogP contribution in [0, 0.1) is 6.92 Å². The largest absolute Gasteiger partial charge is 0.468 e. The van der Waals surface area contributed by atoms with Gasteiger partial charge in [-0.2, -0.15) is 11.8 Å². The van der Waals surface area contributed by atoms with Crippen molar-refractivity contribution in [3.05, 3.63) is 47.9 Å². The van der Waals surface area contributed by atoms with Crippen molar-refractivity contribution in [3.8, 4) is 0 Å². The summed E-state index contributed by atoms with van der Waals surface area (Å²) in [7, 11) is 0. The normalized spacial score (nSPS) is 11.0. The zero-order valence-electron chi connectivity index (χ0n) is 13.4. The number of nitrogens with zero attached hydrogens (tertiary/aromatic N) is 1. The van der Waals surface area contributed by atoms with E-state index in [2.05, 4.69) is 21.4 Å². The summed E-state index contributed by atoms with van der Waals surface area (Å²) in [5.41, 5.74) is 3.12. The van der Waals surface area contributed by atoms with E-state index in [-0.39, 0.29) is 5.91 Å². The Morgan fingerprint density at radius 1 is 1.38 bits per heavy atom. The topological polar surface area (TPSA) is 70.9 Å². The molecule has 0 bridgehead atoms. The number of benzene rings is 1. The minimum absolute atomic E-state index is 0.0234. The van der Waals surface area contributed by atoms with Crippen LogP contribution in [0.5, 0.6) is 0 Å². The van der Waals surface area contributed by atoms with E-state index in [0.29, 0.717) is 12.3 Å². The van der Waals surface area contributed by atoms with Gasteiger partial charge in [0.1, 0.15) is 5.76 Å². The summed E-state index contributed by atoms with van der Waals surface area (Å²) in [5.74, 6) is 3.04. The lowest BCUT2D eigenvalue weighted by atomic mass is 10.2. The molecule has 0 spiro atoms. The Balaban J connectivity index is 1.35. The number of amides is 1. The Hall–Kier alpha value is -1.86. The minimum atomic E-state index is 0.0234. The van der Waals surface area contributed by atoms with Crippen LogP contribution in [-0.4, -0.2) is 33.9 Å². The monoisotopic (exact) mass is 361 g/mol. The summed E-state index contributed by atoms with van der Waals surface area (Å²) in [6.45, 7) is 2.70. The van der Waals surface area contributed by atoms with E-state index in [1.165, 1.54) is 17.3 Å². The SMILES string of the molecule is Cc1ccc2nc(SCC(=O)NCCSCc3ccco3)[nH]c2c1. The molecule has 0 aliphatic carbocycles. The molecule has 126 valence electrons. The van der Waals surface area contributed by atoms with Gasteiger partial charge in [0.2, 0.25) is 5.91 Å². The Labute approximate surface area is 149 Å². The van der Waals surface area contributed by atoms with E-state index in [4.69, 9.17) is 4.42 Å². The fourth-order valence-electron chi connectivity index (χ4n) is 2.18. The first-order valence-corrected chi connectivity index (χ1v) is 9.81. The highest BCUT2D eigenvalue weighted by Gasteiger charge is 2.07. The minimum Gasteiger partial charge on any atom is -0.468 e. The van der Waals surface area contributed by atoms with Crippen molar-refractivity contribution in [2.75, 3.05) is 18.1 Å². The van der Waals surface area contributed by atoms with Gasteiger partial charge in [-0.25, -0.2) is 4.98 Å². The number of aryl methyl sites for hydroxylation is 1. The average molecular weight is 361 g/mol. The van der Waals surface area contributed by atoms with Gasteiger partial charge < -0.3 is 14.7 Å². The second kappa shape index (κ2) is 8.30. The maximum Gasteiger partial charge on any atom is 0.230 e. The van der Waals surface area contributed by atoms with Gasteiger partial charge in [-0.15, -0.1) is 0 Å². The van der Waals surface area contributed by atoms with Gasteiger partial charge in [-0.3, -0.25) is 4.79 Å². The molecular weight excluding hydrogens is 342 g/mol. The lowest BCUT2D eigenvalue weighted by Crippen LogP contribution is -2.27. The molecule has 2 N–H and O–H groups in total. The van der Waals surface area contributed by atoms with Crippen molar-refractivity contribution in [1.29, 1.82) is 0 Å². The second-order valence-electron chi connectivity index (χ2n) is 5.33. The number of aromatic nitrogens is 2. The quantitative estimate of drug-likeness (QED) is 0.474. The smallest absolute Gasteiger partial charge is 0.230 e. The van der Waals surface area contributed by atoms with Gasteiger partial charge in [-0.05, 0) is 36.8 Å². The van der Waals surface area contributed by atoms with Crippen molar-refractivity contribution in [2.45, 2.75) is 17.8 Å². The van der Waals surface area contributed by atoms with Crippen molar-refractivity contribution in [2.24, 2.45) is 0 Å². The zero-order chi connectivity index (χ0) is 16.8. The Kier molecular flexibility index (Phi) is 5.87. The second-order valence-corrected chi connectivity index (χ2v) is 7.40. The predicted octanol–water partition coefficient (Wildman–Crippen LogP) is 3.61. The molecule has 0 saturated heterocycles. The third-order valence-corrected chi connectivity index (χ3v) is 5.20. The number of imidazole rings is 1. The number of hydrogen-bond donors (Lipinski definition) is 2. The molecule has 24 heavy (non-hydrogen) atoms. The van der Waals surface area contributed by atoms with Gasteiger partial charge in [0.05, 0.1) is 28.8 Å². The van der Waals surface area contributed by atoms with Gasteiger partial charge in [0, 0.05) is 12.3 Å². The number of rotatable bonds is 8. The highest BCUT2D eigenvalue weighted by atomic mass is 32.2. The molecular formula is C17H19N3O2S2. The van der Waals surface area contributed by atoms with Crippen molar-refractivity contribution in [1.82, 2.24) is 15.3 Å². The summed E-state index contributed by atoms with van der Waals surface area (Å²) in [6.07, 6.45) is 1.67. The number of nitrogens with one attached hydrogen (secondary N) is 2. The third-order valence-electron chi connectivity index (χ3n) is 3.35. The fourth-order valence-corrected chi connectivity index (χ4v) is 3.65. The number of H-pyrrole nitrogens is 1. The van der Waals surface area contributed by atoms with Crippen LogP contribution < -0.4 is 5.32 Å². The number of thioether (sulfide) groups is 2. The number of hydrogen-bond acceptors (Lipinski definition) is 5. The molecule has 1 aromatic carbocycles. The maximum atomic E-state index is 11.9. The summed E-state index contributed by atoms with van der Waals surface area (Å²) in [5, 5.41) is 3.70. The van der Waals surface area contributed by atoms with Crippen LogP contribution in [0.15, 0.2) is 46.2 Å². The molecule has 0 atom stereocenters. The molecule has 0 radical (unpaired) electrons. The average Bonchev–Trinajstić information content (AvgIpc) is 3.21. The van der Waals surface area contributed by atoms with Gasteiger partial charge in [0.15, 0.2) is 5.16 Å². The lowest BCUT2D eigenvalue weighted by Gasteiger charge is -2.03. The van der Waals surface area contributed by atoms with E-state index in [9.17, 15) is 4.79 Å². The van der Waals surface area contributed by atoms with E-state index in [0.717, 1.165) is 33.5 Å². The summed E-state index contributed by atoms with van der Waals surface area (Å²) in [4.78, 5) is 19.6. The predicted molar refractivity (Wildman–Crippen MR) is 99.4 cm³/mol. The summed E-state index contributed by atoms with van der Waals surface area (Å²) in [6, 6.07) is 9.92.